The van der Waals surface area contributed by atoms with E-state index in [1.54, 1.807) is 0 Å². The van der Waals surface area contributed by atoms with Crippen LogP contribution < -0.4 is 0 Å². The third-order valence-corrected chi connectivity index (χ3v) is 8.05. The fourth-order valence-corrected chi connectivity index (χ4v) is 4.69. The minimum Gasteiger partial charge on any atom is -0.238 e. The molecule has 1 rings (SSSR count). The first kappa shape index (κ1) is 12.6. The molecule has 1 aromatic rings. The highest BCUT2D eigenvalue weighted by Gasteiger charge is 2.17. The summed E-state index contributed by atoms with van der Waals surface area (Å²) in [6.45, 7) is 9.23. The van der Waals surface area contributed by atoms with Crippen molar-refractivity contribution in [3.63, 3.8) is 0 Å². The van der Waals surface area contributed by atoms with Crippen LogP contribution in [-0.2, 0) is 5.75 Å². The normalized spacial score (nSPS) is 12.8. The number of hydrogen-bond donors (Lipinski definition) is 0. The minimum absolute atomic E-state index is 0.376. The summed E-state index contributed by atoms with van der Waals surface area (Å²) in [6.07, 6.45) is 0. The van der Waals surface area contributed by atoms with Crippen LogP contribution in [0.1, 0.15) is 31.9 Å². The Hall–Kier alpha value is -0.430. The number of rotatable bonds is 5. The van der Waals surface area contributed by atoms with E-state index >= 15 is 0 Å². The maximum atomic E-state index is 2.36. The third-order valence-electron chi connectivity index (χ3n) is 3.43. The summed E-state index contributed by atoms with van der Waals surface area (Å²) in [5.74, 6) is 5.42. The molecule has 0 aliphatic heterocycles. The zero-order valence-corrected chi connectivity index (χ0v) is 11.4. The molecular formula is C14H24S. The second kappa shape index (κ2) is 5.60. The van der Waals surface area contributed by atoms with Crippen molar-refractivity contribution in [3.8, 4) is 0 Å². The van der Waals surface area contributed by atoms with Gasteiger partial charge in [-0.2, -0.15) is 0 Å². The van der Waals surface area contributed by atoms with E-state index in [1.165, 1.54) is 34.1 Å². The molecule has 86 valence electrons. The lowest BCUT2D eigenvalue weighted by molar-refractivity contribution is 1.26. The van der Waals surface area contributed by atoms with Crippen LogP contribution in [0, 0.1) is 6.92 Å². The number of aryl methyl sites for hydroxylation is 1. The van der Waals surface area contributed by atoms with Gasteiger partial charge in [0.25, 0.3) is 0 Å². The molecule has 0 aromatic heterocycles. The molecule has 0 saturated carbocycles. The lowest BCUT2D eigenvalue weighted by Gasteiger charge is -2.37. The number of benzene rings is 1. The van der Waals surface area contributed by atoms with E-state index in [0.717, 1.165) is 0 Å². The first-order valence-corrected chi connectivity index (χ1v) is 8.26. The zero-order valence-electron chi connectivity index (χ0n) is 10.5. The van der Waals surface area contributed by atoms with Gasteiger partial charge in [0.2, 0.25) is 0 Å². The van der Waals surface area contributed by atoms with Crippen molar-refractivity contribution in [2.24, 2.45) is 0 Å². The second-order valence-electron chi connectivity index (χ2n) is 4.22. The molecule has 0 bridgehead atoms. The van der Waals surface area contributed by atoms with Gasteiger partial charge in [0.15, 0.2) is 0 Å². The van der Waals surface area contributed by atoms with E-state index < -0.39 is 0 Å². The van der Waals surface area contributed by atoms with E-state index in [-0.39, 0.29) is 10.0 Å². The van der Waals surface area contributed by atoms with Crippen molar-refractivity contribution in [3.05, 3.63) is 35.4 Å². The summed E-state index contributed by atoms with van der Waals surface area (Å²) >= 11 is 0. The van der Waals surface area contributed by atoms with Gasteiger partial charge in [-0.1, -0.05) is 50.6 Å². The summed E-state index contributed by atoms with van der Waals surface area (Å²) < 4.78 is 0. The molecule has 0 aliphatic carbocycles. The topological polar surface area (TPSA) is 0 Å². The van der Waals surface area contributed by atoms with Crippen LogP contribution in [0.5, 0.6) is 0 Å². The lowest BCUT2D eigenvalue weighted by Crippen LogP contribution is -2.11. The quantitative estimate of drug-likeness (QED) is 0.697. The van der Waals surface area contributed by atoms with Crippen LogP contribution in [0.3, 0.4) is 0 Å². The zero-order chi connectivity index (χ0) is 11.3. The molecule has 0 N–H and O–H groups in total. The minimum atomic E-state index is -0.376. The van der Waals surface area contributed by atoms with Crippen molar-refractivity contribution in [1.29, 1.82) is 0 Å². The van der Waals surface area contributed by atoms with Gasteiger partial charge in [-0.3, -0.25) is 0 Å². The highest BCUT2D eigenvalue weighted by Crippen LogP contribution is 2.49. The monoisotopic (exact) mass is 224 g/mol. The third kappa shape index (κ3) is 3.27. The molecule has 0 spiro atoms. The Balaban J connectivity index is 2.78. The van der Waals surface area contributed by atoms with Gasteiger partial charge < -0.3 is 0 Å². The molecule has 0 radical (unpaired) electrons. The van der Waals surface area contributed by atoms with Crippen LogP contribution in [-0.4, -0.2) is 17.3 Å². The summed E-state index contributed by atoms with van der Waals surface area (Å²) in [4.78, 5) is 0. The highest BCUT2D eigenvalue weighted by atomic mass is 32.3. The van der Waals surface area contributed by atoms with Gasteiger partial charge in [-0.25, -0.2) is 10.0 Å². The molecule has 0 saturated heterocycles. The van der Waals surface area contributed by atoms with Crippen LogP contribution in [0.4, 0.5) is 0 Å². The lowest BCUT2D eigenvalue weighted by atomic mass is 10.2. The Morgan fingerprint density at radius 3 is 1.73 bits per heavy atom. The van der Waals surface area contributed by atoms with Crippen molar-refractivity contribution >= 4 is 10.0 Å². The fourth-order valence-electron chi connectivity index (χ4n) is 1.96. The van der Waals surface area contributed by atoms with Gasteiger partial charge in [-0.15, -0.1) is 0 Å². The Kier molecular flexibility index (Phi) is 4.72. The van der Waals surface area contributed by atoms with Crippen LogP contribution >= 0.6 is 10.0 Å². The largest absolute Gasteiger partial charge is 0.238 e. The van der Waals surface area contributed by atoms with Gasteiger partial charge in [-0.05, 0) is 29.7 Å². The van der Waals surface area contributed by atoms with Crippen LogP contribution in [0.15, 0.2) is 24.3 Å². The molecular weight excluding hydrogens is 200 g/mol. The predicted molar refractivity (Wildman–Crippen MR) is 74.1 cm³/mol. The Morgan fingerprint density at radius 2 is 1.33 bits per heavy atom. The first-order valence-electron chi connectivity index (χ1n) is 5.95. The summed E-state index contributed by atoms with van der Waals surface area (Å²) in [7, 11) is -0.376. The molecule has 1 heteroatoms. The van der Waals surface area contributed by atoms with E-state index in [1.807, 2.05) is 0 Å². The molecule has 15 heavy (non-hydrogen) atoms. The Labute approximate surface area is 96.4 Å². The average molecular weight is 224 g/mol. The maximum absolute atomic E-state index is 2.36. The van der Waals surface area contributed by atoms with Gasteiger partial charge in [0.1, 0.15) is 0 Å². The first-order chi connectivity index (χ1) is 7.15. The molecule has 0 amide bonds. The predicted octanol–water partition coefficient (Wildman–Crippen LogP) is 4.36. The molecule has 1 aromatic carbocycles. The highest BCUT2D eigenvalue weighted by molar-refractivity contribution is 8.33. The van der Waals surface area contributed by atoms with E-state index in [4.69, 9.17) is 0 Å². The Bertz CT molecular complexity index is 274. The van der Waals surface area contributed by atoms with Crippen LogP contribution in [0.25, 0.3) is 0 Å². The average Bonchev–Trinajstić information content (AvgIpc) is 2.29. The van der Waals surface area contributed by atoms with E-state index in [0.29, 0.717) is 0 Å². The summed E-state index contributed by atoms with van der Waals surface area (Å²) in [5.41, 5.74) is 2.89. The molecule has 0 aliphatic rings. The van der Waals surface area contributed by atoms with Crippen molar-refractivity contribution in [1.82, 2.24) is 0 Å². The SMILES string of the molecule is CCS(CC)(CC)Cc1ccc(C)cc1. The molecule has 0 fully saturated rings. The molecule has 0 unspecified atom stereocenters. The van der Waals surface area contributed by atoms with Gasteiger partial charge in [0.05, 0.1) is 0 Å². The standard InChI is InChI=1S/C14H24S/c1-5-15(6-2,7-3)12-14-10-8-13(4)9-11-14/h8-11H,5-7,12H2,1-4H3. The van der Waals surface area contributed by atoms with Gasteiger partial charge >= 0.3 is 0 Å². The van der Waals surface area contributed by atoms with Gasteiger partial charge in [0, 0.05) is 5.75 Å². The Morgan fingerprint density at radius 1 is 0.867 bits per heavy atom. The summed E-state index contributed by atoms with van der Waals surface area (Å²) in [6, 6.07) is 9.08. The van der Waals surface area contributed by atoms with Crippen LogP contribution in [0.2, 0.25) is 0 Å². The smallest absolute Gasteiger partial charge is 0.00249 e. The maximum Gasteiger partial charge on any atom is 0.00249 e. The second-order valence-corrected chi connectivity index (χ2v) is 8.69. The molecule has 0 heterocycles. The summed E-state index contributed by atoms with van der Waals surface area (Å²) in [5, 5.41) is 0. The van der Waals surface area contributed by atoms with Crippen molar-refractivity contribution in [2.75, 3.05) is 17.3 Å². The number of hydrogen-bond acceptors (Lipinski definition) is 0. The van der Waals surface area contributed by atoms with Crippen molar-refractivity contribution < 1.29 is 0 Å². The fraction of sp³-hybridized carbons (Fsp3) is 0.571. The van der Waals surface area contributed by atoms with E-state index in [9.17, 15) is 0 Å². The molecule has 0 atom stereocenters. The molecule has 0 nitrogen and oxygen atoms in total. The van der Waals surface area contributed by atoms with E-state index in [2.05, 4.69) is 52.0 Å². The van der Waals surface area contributed by atoms with Crippen molar-refractivity contribution in [2.45, 2.75) is 33.4 Å².